The molecule has 96 valence electrons. The van der Waals surface area contributed by atoms with Crippen molar-refractivity contribution in [3.8, 4) is 0 Å². The number of nitrogens with zero attached hydrogens (tertiary/aromatic N) is 2. The molecule has 4 nitrogen and oxygen atoms in total. The number of anilines is 1. The van der Waals surface area contributed by atoms with Gasteiger partial charge in [-0.05, 0) is 18.1 Å². The molecule has 2 rings (SSSR count). The van der Waals surface area contributed by atoms with Crippen LogP contribution in [0.2, 0.25) is 0 Å². The fourth-order valence-corrected chi connectivity index (χ4v) is 1.93. The van der Waals surface area contributed by atoms with Crippen LogP contribution < -0.4 is 5.32 Å². The molecule has 0 saturated carbocycles. The van der Waals surface area contributed by atoms with Gasteiger partial charge in [0.25, 0.3) is 0 Å². The van der Waals surface area contributed by atoms with E-state index >= 15 is 0 Å². The summed E-state index contributed by atoms with van der Waals surface area (Å²) < 4.78 is 7.28. The summed E-state index contributed by atoms with van der Waals surface area (Å²) in [6, 6.07) is 8.28. The first-order chi connectivity index (χ1) is 8.85. The Morgan fingerprint density at radius 3 is 2.78 bits per heavy atom. The second-order valence-electron chi connectivity index (χ2n) is 4.09. The van der Waals surface area contributed by atoms with Crippen molar-refractivity contribution in [2.45, 2.75) is 26.6 Å². The van der Waals surface area contributed by atoms with Crippen molar-refractivity contribution >= 4 is 5.95 Å². The Morgan fingerprint density at radius 1 is 1.28 bits per heavy atom. The van der Waals surface area contributed by atoms with Crippen molar-refractivity contribution in [2.24, 2.45) is 0 Å². The van der Waals surface area contributed by atoms with Crippen molar-refractivity contribution in [1.29, 1.82) is 0 Å². The lowest BCUT2D eigenvalue weighted by Crippen LogP contribution is -2.08. The van der Waals surface area contributed by atoms with Gasteiger partial charge in [-0.1, -0.05) is 24.3 Å². The third-order valence-corrected chi connectivity index (χ3v) is 2.91. The van der Waals surface area contributed by atoms with E-state index in [0.29, 0.717) is 6.61 Å². The molecule has 0 saturated heterocycles. The molecule has 0 unspecified atom stereocenters. The highest BCUT2D eigenvalue weighted by molar-refractivity contribution is 5.33. The maximum absolute atomic E-state index is 5.20. The van der Waals surface area contributed by atoms with E-state index < -0.39 is 0 Å². The number of nitrogens with one attached hydrogen (secondary N) is 1. The Morgan fingerprint density at radius 2 is 2.06 bits per heavy atom. The zero-order chi connectivity index (χ0) is 12.8. The number of methoxy groups -OCH3 is 1. The van der Waals surface area contributed by atoms with Crippen LogP contribution in [-0.2, 0) is 24.4 Å². The smallest absolute Gasteiger partial charge is 0.203 e. The summed E-state index contributed by atoms with van der Waals surface area (Å²) in [4.78, 5) is 4.30. The summed E-state index contributed by atoms with van der Waals surface area (Å²) in [7, 11) is 1.72. The van der Waals surface area contributed by atoms with E-state index in [2.05, 4.69) is 33.9 Å². The highest BCUT2D eigenvalue weighted by atomic mass is 16.5. The Kier molecular flexibility index (Phi) is 4.36. The maximum atomic E-state index is 5.20. The summed E-state index contributed by atoms with van der Waals surface area (Å²) in [5, 5.41) is 3.36. The lowest BCUT2D eigenvalue weighted by atomic mass is 10.1. The summed E-state index contributed by atoms with van der Waals surface area (Å²) in [6.07, 6.45) is 3.79. The van der Waals surface area contributed by atoms with Gasteiger partial charge in [-0.2, -0.15) is 0 Å². The first-order valence-electron chi connectivity index (χ1n) is 6.16. The molecule has 0 aliphatic heterocycles. The Hall–Kier alpha value is -1.81. The van der Waals surface area contributed by atoms with Crippen LogP contribution >= 0.6 is 0 Å². The number of ether oxygens (including phenoxy) is 1. The first-order valence-corrected chi connectivity index (χ1v) is 6.16. The number of rotatable bonds is 6. The predicted molar refractivity (Wildman–Crippen MR) is 72.4 cm³/mol. The summed E-state index contributed by atoms with van der Waals surface area (Å²) >= 11 is 0. The Labute approximate surface area is 108 Å². The average molecular weight is 245 g/mol. The summed E-state index contributed by atoms with van der Waals surface area (Å²) in [5.41, 5.74) is 2.45. The summed E-state index contributed by atoms with van der Waals surface area (Å²) in [6.45, 7) is 4.42. The van der Waals surface area contributed by atoms with E-state index in [-0.39, 0.29) is 0 Å². The van der Waals surface area contributed by atoms with Crippen molar-refractivity contribution in [3.63, 3.8) is 0 Å². The normalized spacial score (nSPS) is 10.6. The minimum atomic E-state index is 0.639. The highest BCUT2D eigenvalue weighted by Gasteiger charge is 2.04. The first kappa shape index (κ1) is 12.6. The molecule has 1 heterocycles. The van der Waals surface area contributed by atoms with E-state index in [9.17, 15) is 0 Å². The second-order valence-corrected chi connectivity index (χ2v) is 4.09. The average Bonchev–Trinajstić information content (AvgIpc) is 2.85. The predicted octanol–water partition coefficient (Wildman–Crippen LogP) is 2.66. The standard InChI is InChI=1S/C14H19N3O/c1-3-17-9-8-15-14(17)16-10-12-6-4-5-7-13(12)11-18-2/h4-9H,3,10-11H2,1-2H3,(H,15,16). The second kappa shape index (κ2) is 6.21. The van der Waals surface area contributed by atoms with Crippen LogP contribution in [0.4, 0.5) is 5.95 Å². The number of hydrogen-bond donors (Lipinski definition) is 1. The quantitative estimate of drug-likeness (QED) is 0.850. The summed E-state index contributed by atoms with van der Waals surface area (Å²) in [5.74, 6) is 0.907. The van der Waals surface area contributed by atoms with Gasteiger partial charge in [0.15, 0.2) is 0 Å². The Bertz CT molecular complexity index is 493. The van der Waals surface area contributed by atoms with Gasteiger partial charge in [-0.15, -0.1) is 0 Å². The van der Waals surface area contributed by atoms with Crippen LogP contribution in [0.25, 0.3) is 0 Å². The molecule has 1 N–H and O–H groups in total. The molecule has 0 radical (unpaired) electrons. The minimum absolute atomic E-state index is 0.639. The fourth-order valence-electron chi connectivity index (χ4n) is 1.93. The lowest BCUT2D eigenvalue weighted by Gasteiger charge is -2.11. The monoisotopic (exact) mass is 245 g/mol. The van der Waals surface area contributed by atoms with Gasteiger partial charge in [0.2, 0.25) is 5.95 Å². The lowest BCUT2D eigenvalue weighted by molar-refractivity contribution is 0.184. The van der Waals surface area contributed by atoms with Gasteiger partial charge in [0.1, 0.15) is 0 Å². The number of hydrogen-bond acceptors (Lipinski definition) is 3. The third-order valence-electron chi connectivity index (χ3n) is 2.91. The molecular weight excluding hydrogens is 226 g/mol. The van der Waals surface area contributed by atoms with Crippen molar-refractivity contribution < 1.29 is 4.74 Å². The zero-order valence-electron chi connectivity index (χ0n) is 10.9. The fraction of sp³-hybridized carbons (Fsp3) is 0.357. The van der Waals surface area contributed by atoms with Crippen molar-refractivity contribution in [1.82, 2.24) is 9.55 Å². The molecule has 0 spiro atoms. The topological polar surface area (TPSA) is 39.1 Å². The van der Waals surface area contributed by atoms with E-state index in [0.717, 1.165) is 19.0 Å². The third kappa shape index (κ3) is 2.90. The van der Waals surface area contributed by atoms with E-state index in [4.69, 9.17) is 4.74 Å². The molecule has 2 aromatic rings. The highest BCUT2D eigenvalue weighted by Crippen LogP contribution is 2.12. The van der Waals surface area contributed by atoms with E-state index in [1.54, 1.807) is 7.11 Å². The number of imidazole rings is 1. The minimum Gasteiger partial charge on any atom is -0.380 e. The van der Waals surface area contributed by atoms with Crippen LogP contribution in [-0.4, -0.2) is 16.7 Å². The van der Waals surface area contributed by atoms with Crippen LogP contribution in [0.5, 0.6) is 0 Å². The molecule has 0 amide bonds. The van der Waals surface area contributed by atoms with Crippen LogP contribution in [0.15, 0.2) is 36.7 Å². The van der Waals surface area contributed by atoms with Gasteiger partial charge in [0.05, 0.1) is 6.61 Å². The number of aryl methyl sites for hydroxylation is 1. The molecule has 0 atom stereocenters. The van der Waals surface area contributed by atoms with E-state index in [1.807, 2.05) is 24.5 Å². The van der Waals surface area contributed by atoms with Gasteiger partial charge in [-0.25, -0.2) is 4.98 Å². The molecular formula is C14H19N3O. The maximum Gasteiger partial charge on any atom is 0.203 e. The SMILES string of the molecule is CCn1ccnc1NCc1ccccc1COC. The van der Waals surface area contributed by atoms with Gasteiger partial charge in [-0.3, -0.25) is 0 Å². The molecule has 1 aromatic carbocycles. The molecule has 0 fully saturated rings. The molecule has 0 aliphatic rings. The molecule has 0 aliphatic carbocycles. The van der Waals surface area contributed by atoms with Gasteiger partial charge >= 0.3 is 0 Å². The van der Waals surface area contributed by atoms with E-state index in [1.165, 1.54) is 11.1 Å². The number of benzene rings is 1. The largest absolute Gasteiger partial charge is 0.380 e. The van der Waals surface area contributed by atoms with Crippen molar-refractivity contribution in [3.05, 3.63) is 47.8 Å². The van der Waals surface area contributed by atoms with Gasteiger partial charge < -0.3 is 14.6 Å². The van der Waals surface area contributed by atoms with Crippen molar-refractivity contribution in [2.75, 3.05) is 12.4 Å². The Balaban J connectivity index is 2.06. The van der Waals surface area contributed by atoms with Gasteiger partial charge in [0, 0.05) is 32.6 Å². The van der Waals surface area contributed by atoms with Crippen LogP contribution in [0.3, 0.4) is 0 Å². The number of aromatic nitrogens is 2. The molecule has 18 heavy (non-hydrogen) atoms. The molecule has 0 bridgehead atoms. The molecule has 4 heteroatoms. The zero-order valence-corrected chi connectivity index (χ0v) is 10.9. The van der Waals surface area contributed by atoms with Crippen LogP contribution in [0, 0.1) is 0 Å². The molecule has 1 aromatic heterocycles. The van der Waals surface area contributed by atoms with Crippen LogP contribution in [0.1, 0.15) is 18.1 Å².